The maximum Gasteiger partial charge on any atom is 0.315 e. The molecule has 4 atom stereocenters. The van der Waals surface area contributed by atoms with Crippen LogP contribution in [0.15, 0.2) is 23.1 Å². The van der Waals surface area contributed by atoms with Gasteiger partial charge >= 0.3 is 6.03 Å². The van der Waals surface area contributed by atoms with Crippen LogP contribution in [0.25, 0.3) is 0 Å². The zero-order chi connectivity index (χ0) is 20.1. The summed E-state index contributed by atoms with van der Waals surface area (Å²) < 4.78 is 0. The molecule has 0 aromatic heterocycles. The maximum atomic E-state index is 12.3. The first-order valence-corrected chi connectivity index (χ1v) is 12.1. The Hall–Kier alpha value is -1.34. The number of carbonyl (C=O) groups excluding carboxylic acids is 2. The maximum absolute atomic E-state index is 12.3. The van der Waals surface area contributed by atoms with Crippen molar-refractivity contribution in [2.24, 2.45) is 0 Å². The Balaban J connectivity index is 1.38. The molecule has 154 valence electrons. The summed E-state index contributed by atoms with van der Waals surface area (Å²) in [5.41, 5.74) is 2.02. The molecule has 3 rings (SSSR count). The number of hydrogen-bond acceptors (Lipinski definition) is 4. The van der Waals surface area contributed by atoms with Gasteiger partial charge in [0, 0.05) is 33.3 Å². The average molecular weight is 422 g/mol. The number of thioether (sulfide) groups is 2. The number of unbranched alkanes of at least 4 members (excludes halogenated alkanes) is 1. The van der Waals surface area contributed by atoms with Crippen molar-refractivity contribution < 1.29 is 9.59 Å². The van der Waals surface area contributed by atoms with Gasteiger partial charge in [0.2, 0.25) is 5.91 Å². The highest BCUT2D eigenvalue weighted by molar-refractivity contribution is 8.00. The van der Waals surface area contributed by atoms with E-state index in [-0.39, 0.29) is 24.0 Å². The van der Waals surface area contributed by atoms with Crippen molar-refractivity contribution in [2.75, 3.05) is 11.1 Å². The minimum Gasteiger partial charge on any atom is -0.332 e. The van der Waals surface area contributed by atoms with E-state index in [1.165, 1.54) is 4.90 Å². The summed E-state index contributed by atoms with van der Waals surface area (Å²) in [7, 11) is 0. The fourth-order valence-corrected chi connectivity index (χ4v) is 6.22. The van der Waals surface area contributed by atoms with E-state index in [4.69, 9.17) is 0 Å². The van der Waals surface area contributed by atoms with Crippen molar-refractivity contribution in [1.82, 2.24) is 10.6 Å². The van der Waals surface area contributed by atoms with E-state index in [1.54, 1.807) is 0 Å². The van der Waals surface area contributed by atoms with Crippen LogP contribution in [-0.4, -0.2) is 40.3 Å². The van der Waals surface area contributed by atoms with Gasteiger partial charge in [0.25, 0.3) is 0 Å². The van der Waals surface area contributed by atoms with Gasteiger partial charge in [-0.05, 0) is 49.9 Å². The van der Waals surface area contributed by atoms with E-state index < -0.39 is 0 Å². The van der Waals surface area contributed by atoms with Gasteiger partial charge in [-0.2, -0.15) is 11.8 Å². The van der Waals surface area contributed by atoms with Crippen molar-refractivity contribution in [3.8, 4) is 0 Å². The molecule has 1 aromatic rings. The fraction of sp³-hybridized carbons (Fsp3) is 0.619. The van der Waals surface area contributed by atoms with Gasteiger partial charge in [0.15, 0.2) is 0 Å². The fourth-order valence-electron chi connectivity index (χ4n) is 3.65. The lowest BCUT2D eigenvalue weighted by Crippen LogP contribution is -2.36. The number of rotatable bonds is 9. The molecular weight excluding hydrogens is 390 g/mol. The molecule has 0 saturated carbocycles. The van der Waals surface area contributed by atoms with Gasteiger partial charge in [-0.25, -0.2) is 4.79 Å². The third kappa shape index (κ3) is 5.60. The van der Waals surface area contributed by atoms with Crippen LogP contribution in [0.4, 0.5) is 10.5 Å². The van der Waals surface area contributed by atoms with Gasteiger partial charge < -0.3 is 16.0 Å². The summed E-state index contributed by atoms with van der Waals surface area (Å²) in [6, 6.07) is 6.75. The molecule has 3 N–H and O–H groups in total. The van der Waals surface area contributed by atoms with Crippen molar-refractivity contribution in [2.45, 2.75) is 80.4 Å². The Kier molecular flexibility index (Phi) is 7.57. The van der Waals surface area contributed by atoms with E-state index in [0.717, 1.165) is 42.7 Å². The number of anilines is 1. The molecule has 0 radical (unpaired) electrons. The molecule has 2 heterocycles. The third-order valence-electron chi connectivity index (χ3n) is 5.46. The first-order valence-electron chi connectivity index (χ1n) is 10.2. The van der Waals surface area contributed by atoms with E-state index in [0.29, 0.717) is 16.9 Å². The highest BCUT2D eigenvalue weighted by Gasteiger charge is 2.42. The number of benzene rings is 1. The molecule has 0 bridgehead atoms. The van der Waals surface area contributed by atoms with Crippen LogP contribution in [0.3, 0.4) is 0 Å². The van der Waals surface area contributed by atoms with Crippen LogP contribution < -0.4 is 16.0 Å². The predicted octanol–water partition coefficient (Wildman–Crippen LogP) is 4.55. The van der Waals surface area contributed by atoms with E-state index in [1.807, 2.05) is 36.5 Å². The Bertz CT molecular complexity index is 713. The smallest absolute Gasteiger partial charge is 0.315 e. The second-order valence-corrected chi connectivity index (χ2v) is 10.5. The Labute approximate surface area is 176 Å². The van der Waals surface area contributed by atoms with E-state index >= 15 is 0 Å². The van der Waals surface area contributed by atoms with Gasteiger partial charge in [-0.15, -0.1) is 11.8 Å². The highest BCUT2D eigenvalue weighted by Crippen LogP contribution is 2.33. The molecule has 3 amide bonds. The number of fused-ring (bicyclic) bond motifs is 1. The van der Waals surface area contributed by atoms with E-state index in [2.05, 4.69) is 41.9 Å². The third-order valence-corrected chi connectivity index (χ3v) is 8.24. The first-order chi connectivity index (χ1) is 13.5. The zero-order valence-electron chi connectivity index (χ0n) is 16.9. The topological polar surface area (TPSA) is 70.2 Å². The molecule has 0 spiro atoms. The number of amides is 3. The number of aryl methyl sites for hydroxylation is 1. The van der Waals surface area contributed by atoms with Crippen molar-refractivity contribution in [3.63, 3.8) is 0 Å². The van der Waals surface area contributed by atoms with Gasteiger partial charge in [-0.1, -0.05) is 20.3 Å². The minimum atomic E-state index is -0.0383. The lowest BCUT2D eigenvalue weighted by atomic mass is 10.0. The number of nitrogens with one attached hydrogen (secondary N) is 3. The predicted molar refractivity (Wildman–Crippen MR) is 119 cm³/mol. The molecule has 2 aliphatic rings. The monoisotopic (exact) mass is 421 g/mol. The summed E-state index contributed by atoms with van der Waals surface area (Å²) in [6.07, 6.45) is 4.61. The van der Waals surface area contributed by atoms with Crippen molar-refractivity contribution >= 4 is 41.1 Å². The number of hydrogen-bond donors (Lipinski definition) is 3. The number of urea groups is 1. The van der Waals surface area contributed by atoms with Crippen LogP contribution >= 0.6 is 23.5 Å². The summed E-state index contributed by atoms with van der Waals surface area (Å²) >= 11 is 3.80. The molecule has 2 aliphatic heterocycles. The zero-order valence-corrected chi connectivity index (χ0v) is 18.6. The minimum absolute atomic E-state index is 0.0383. The summed E-state index contributed by atoms with van der Waals surface area (Å²) in [5.74, 6) is 1.07. The van der Waals surface area contributed by atoms with Gasteiger partial charge in [0.1, 0.15) is 0 Å². The summed E-state index contributed by atoms with van der Waals surface area (Å²) in [6.45, 7) is 6.48. The normalized spacial score (nSPS) is 24.4. The van der Waals surface area contributed by atoms with Crippen molar-refractivity contribution in [1.29, 1.82) is 0 Å². The highest BCUT2D eigenvalue weighted by atomic mass is 32.2. The van der Waals surface area contributed by atoms with Gasteiger partial charge in [-0.3, -0.25) is 4.79 Å². The average Bonchev–Trinajstić information content (AvgIpc) is 3.20. The Morgan fingerprint density at radius 1 is 1.36 bits per heavy atom. The second kappa shape index (κ2) is 9.92. The molecule has 2 saturated heterocycles. The van der Waals surface area contributed by atoms with Crippen LogP contribution in [-0.2, 0) is 4.79 Å². The van der Waals surface area contributed by atoms with Crippen LogP contribution in [0.5, 0.6) is 0 Å². The molecule has 2 fully saturated rings. The van der Waals surface area contributed by atoms with Crippen LogP contribution in [0, 0.1) is 6.92 Å². The molecule has 0 aliphatic carbocycles. The molecule has 28 heavy (non-hydrogen) atoms. The summed E-state index contributed by atoms with van der Waals surface area (Å²) in [5, 5.41) is 10.1. The second-order valence-electron chi connectivity index (χ2n) is 7.73. The number of carbonyl (C=O) groups is 2. The van der Waals surface area contributed by atoms with Crippen LogP contribution in [0.1, 0.15) is 51.5 Å². The molecule has 1 unspecified atom stereocenters. The largest absolute Gasteiger partial charge is 0.332 e. The quantitative estimate of drug-likeness (QED) is 0.311. The SMILES string of the molecule is CCC(C)Sc1ccc(NC(=O)CCCC[C@@H]2SC[C@@H]3NC(=O)N[C@@H]32)c(C)c1. The van der Waals surface area contributed by atoms with Crippen molar-refractivity contribution in [3.05, 3.63) is 23.8 Å². The molecule has 5 nitrogen and oxygen atoms in total. The lowest BCUT2D eigenvalue weighted by molar-refractivity contribution is -0.116. The lowest BCUT2D eigenvalue weighted by Gasteiger charge is -2.16. The van der Waals surface area contributed by atoms with Gasteiger partial charge in [0.05, 0.1) is 12.1 Å². The van der Waals surface area contributed by atoms with E-state index in [9.17, 15) is 9.59 Å². The standard InChI is InChI=1S/C21H31N3O2S2/c1-4-14(3)28-15-9-10-16(13(2)11-15)22-19(25)8-6-5-7-18-20-17(12-27-18)23-21(26)24-20/h9-11,14,17-18,20H,4-8,12H2,1-3H3,(H,22,25)(H2,23,24,26)/t14?,17-,18-,20-/m0/s1. The molecule has 1 aromatic carbocycles. The Morgan fingerprint density at radius 3 is 2.93 bits per heavy atom. The molecular formula is C21H31N3O2S2. The summed E-state index contributed by atoms with van der Waals surface area (Å²) in [4.78, 5) is 25.0. The molecule has 7 heteroatoms. The first kappa shape index (κ1) is 21.4. The Morgan fingerprint density at radius 2 is 2.18 bits per heavy atom. The van der Waals surface area contributed by atoms with Crippen LogP contribution in [0.2, 0.25) is 0 Å².